The van der Waals surface area contributed by atoms with Crippen LogP contribution in [-0.2, 0) is 0 Å². The third-order valence-corrected chi connectivity index (χ3v) is 3.18. The molecule has 1 aromatic carbocycles. The van der Waals surface area contributed by atoms with Gasteiger partial charge in [-0.1, -0.05) is 30.3 Å². The summed E-state index contributed by atoms with van der Waals surface area (Å²) in [6, 6.07) is 14.6. The van der Waals surface area contributed by atoms with Gasteiger partial charge in [0.1, 0.15) is 12.4 Å². The minimum absolute atomic E-state index is 0.513. The smallest absolute Gasteiger partial charge is 0.137 e. The van der Waals surface area contributed by atoms with Crippen molar-refractivity contribution in [2.45, 2.75) is 12.5 Å². The Balaban J connectivity index is 1.65. The minimum atomic E-state index is 0.513. The maximum absolute atomic E-state index is 5.68. The molecule has 0 radical (unpaired) electrons. The van der Waals surface area contributed by atoms with Crippen molar-refractivity contribution in [2.75, 3.05) is 13.2 Å². The van der Waals surface area contributed by atoms with Crippen molar-refractivity contribution >= 4 is 0 Å². The quantitative estimate of drug-likeness (QED) is 0.891. The van der Waals surface area contributed by atoms with E-state index in [1.54, 1.807) is 6.20 Å². The lowest BCUT2D eigenvalue weighted by atomic mass is 10.1. The largest absolute Gasteiger partial charge is 0.490 e. The molecule has 1 atom stereocenters. The van der Waals surface area contributed by atoms with Gasteiger partial charge in [-0.3, -0.25) is 4.98 Å². The van der Waals surface area contributed by atoms with Crippen LogP contribution in [0.4, 0.5) is 0 Å². The summed E-state index contributed by atoms with van der Waals surface area (Å²) < 4.78 is 5.68. The summed E-state index contributed by atoms with van der Waals surface area (Å²) in [4.78, 5) is 4.43. The number of aromatic nitrogens is 1. The Bertz CT molecular complexity index is 492. The van der Waals surface area contributed by atoms with E-state index in [9.17, 15) is 0 Å². The highest BCUT2D eigenvalue weighted by Gasteiger charge is 2.16. The zero-order chi connectivity index (χ0) is 12.2. The lowest BCUT2D eigenvalue weighted by Gasteiger charge is -2.27. The summed E-state index contributed by atoms with van der Waals surface area (Å²) in [5.41, 5.74) is 2.11. The average Bonchev–Trinajstić information content (AvgIpc) is 2.39. The summed E-state index contributed by atoms with van der Waals surface area (Å²) in [5.74, 6) is 0.836. The SMILES string of the molecule is c1ccc(-c2ccc(OC[C@@H]3CCN3)cn2)cc1. The Hall–Kier alpha value is -1.87. The Morgan fingerprint density at radius 2 is 2.00 bits per heavy atom. The molecule has 1 aliphatic rings. The number of hydrogen-bond acceptors (Lipinski definition) is 3. The topological polar surface area (TPSA) is 34.1 Å². The molecule has 2 heterocycles. The summed E-state index contributed by atoms with van der Waals surface area (Å²) in [6.45, 7) is 1.84. The third kappa shape index (κ3) is 2.51. The zero-order valence-corrected chi connectivity index (χ0v) is 10.2. The van der Waals surface area contributed by atoms with Gasteiger partial charge in [0.15, 0.2) is 0 Å². The molecular formula is C15H16N2O. The fraction of sp³-hybridized carbons (Fsp3) is 0.267. The molecule has 0 amide bonds. The molecule has 1 saturated heterocycles. The van der Waals surface area contributed by atoms with Crippen LogP contribution in [0.5, 0.6) is 5.75 Å². The van der Waals surface area contributed by atoms with Crippen molar-refractivity contribution in [1.29, 1.82) is 0 Å². The van der Waals surface area contributed by atoms with Gasteiger partial charge in [0, 0.05) is 11.6 Å². The number of ether oxygens (including phenoxy) is 1. The molecule has 2 aromatic rings. The number of rotatable bonds is 4. The molecule has 0 unspecified atom stereocenters. The fourth-order valence-electron chi connectivity index (χ4n) is 1.93. The highest BCUT2D eigenvalue weighted by molar-refractivity contribution is 5.58. The van der Waals surface area contributed by atoms with Crippen LogP contribution in [0.1, 0.15) is 6.42 Å². The molecule has 1 aromatic heterocycles. The van der Waals surface area contributed by atoms with Crippen molar-refractivity contribution in [2.24, 2.45) is 0 Å². The van der Waals surface area contributed by atoms with Gasteiger partial charge < -0.3 is 10.1 Å². The summed E-state index contributed by atoms with van der Waals surface area (Å²) in [5, 5.41) is 3.31. The van der Waals surface area contributed by atoms with Crippen LogP contribution in [0, 0.1) is 0 Å². The van der Waals surface area contributed by atoms with E-state index in [2.05, 4.69) is 22.4 Å². The van der Waals surface area contributed by atoms with Gasteiger partial charge in [0.05, 0.1) is 11.9 Å². The molecule has 18 heavy (non-hydrogen) atoms. The molecule has 3 heteroatoms. The van der Waals surface area contributed by atoms with E-state index in [4.69, 9.17) is 4.74 Å². The first-order valence-electron chi connectivity index (χ1n) is 6.29. The van der Waals surface area contributed by atoms with Crippen LogP contribution < -0.4 is 10.1 Å². The molecule has 0 aliphatic carbocycles. The molecule has 1 fully saturated rings. The maximum atomic E-state index is 5.68. The Labute approximate surface area is 107 Å². The van der Waals surface area contributed by atoms with Crippen LogP contribution in [-0.4, -0.2) is 24.2 Å². The number of pyridine rings is 1. The normalized spacial score (nSPS) is 18.1. The lowest BCUT2D eigenvalue weighted by molar-refractivity contribution is 0.217. The molecule has 92 valence electrons. The Morgan fingerprint density at radius 3 is 2.61 bits per heavy atom. The molecule has 1 N–H and O–H groups in total. The van der Waals surface area contributed by atoms with Crippen molar-refractivity contribution in [1.82, 2.24) is 10.3 Å². The lowest BCUT2D eigenvalue weighted by Crippen LogP contribution is -2.46. The first kappa shape index (κ1) is 11.2. The predicted molar refractivity (Wildman–Crippen MR) is 71.6 cm³/mol. The molecule has 3 nitrogen and oxygen atoms in total. The van der Waals surface area contributed by atoms with E-state index in [-0.39, 0.29) is 0 Å². The molecule has 1 aliphatic heterocycles. The van der Waals surface area contributed by atoms with Gasteiger partial charge in [-0.2, -0.15) is 0 Å². The zero-order valence-electron chi connectivity index (χ0n) is 10.2. The van der Waals surface area contributed by atoms with Gasteiger partial charge in [-0.25, -0.2) is 0 Å². The minimum Gasteiger partial charge on any atom is -0.490 e. The monoisotopic (exact) mass is 240 g/mol. The second kappa shape index (κ2) is 5.19. The van der Waals surface area contributed by atoms with Crippen LogP contribution in [0.2, 0.25) is 0 Å². The molecule has 0 bridgehead atoms. The van der Waals surface area contributed by atoms with Crippen molar-refractivity contribution in [3.63, 3.8) is 0 Å². The molecule has 3 rings (SSSR count). The van der Waals surface area contributed by atoms with Crippen LogP contribution in [0.25, 0.3) is 11.3 Å². The summed E-state index contributed by atoms with van der Waals surface area (Å²) >= 11 is 0. The summed E-state index contributed by atoms with van der Waals surface area (Å²) in [6.07, 6.45) is 3.00. The molecule has 0 spiro atoms. The number of hydrogen-bond donors (Lipinski definition) is 1. The van der Waals surface area contributed by atoms with E-state index >= 15 is 0 Å². The van der Waals surface area contributed by atoms with Gasteiger partial charge in [0.2, 0.25) is 0 Å². The molecule has 0 saturated carbocycles. The van der Waals surface area contributed by atoms with Gasteiger partial charge in [-0.15, -0.1) is 0 Å². The van der Waals surface area contributed by atoms with Crippen LogP contribution in [0.3, 0.4) is 0 Å². The van der Waals surface area contributed by atoms with Gasteiger partial charge >= 0.3 is 0 Å². The van der Waals surface area contributed by atoms with E-state index in [0.29, 0.717) is 6.04 Å². The van der Waals surface area contributed by atoms with Crippen molar-refractivity contribution in [3.8, 4) is 17.0 Å². The van der Waals surface area contributed by atoms with E-state index in [1.165, 1.54) is 6.42 Å². The highest BCUT2D eigenvalue weighted by atomic mass is 16.5. The Kier molecular flexibility index (Phi) is 3.24. The maximum Gasteiger partial charge on any atom is 0.137 e. The van der Waals surface area contributed by atoms with E-state index < -0.39 is 0 Å². The standard InChI is InChI=1S/C15H16N2O/c1-2-4-12(5-3-1)15-7-6-14(10-17-15)18-11-13-8-9-16-13/h1-7,10,13,16H,8-9,11H2/t13-/m0/s1. The first-order valence-corrected chi connectivity index (χ1v) is 6.29. The van der Waals surface area contributed by atoms with E-state index in [1.807, 2.05) is 30.3 Å². The average molecular weight is 240 g/mol. The highest BCUT2D eigenvalue weighted by Crippen LogP contribution is 2.19. The first-order chi connectivity index (χ1) is 8.92. The van der Waals surface area contributed by atoms with Crippen LogP contribution in [0.15, 0.2) is 48.7 Å². The number of nitrogens with zero attached hydrogens (tertiary/aromatic N) is 1. The number of benzene rings is 1. The van der Waals surface area contributed by atoms with Crippen LogP contribution >= 0.6 is 0 Å². The van der Waals surface area contributed by atoms with Gasteiger partial charge in [0.25, 0.3) is 0 Å². The summed E-state index contributed by atoms with van der Waals surface area (Å²) in [7, 11) is 0. The van der Waals surface area contributed by atoms with Crippen molar-refractivity contribution in [3.05, 3.63) is 48.7 Å². The molecular weight excluding hydrogens is 224 g/mol. The Morgan fingerprint density at radius 1 is 1.17 bits per heavy atom. The number of nitrogens with one attached hydrogen (secondary N) is 1. The second-order valence-electron chi connectivity index (χ2n) is 4.50. The van der Waals surface area contributed by atoms with Crippen molar-refractivity contribution < 1.29 is 4.74 Å². The second-order valence-corrected chi connectivity index (χ2v) is 4.50. The van der Waals surface area contributed by atoms with E-state index in [0.717, 1.165) is 30.2 Å². The third-order valence-electron chi connectivity index (χ3n) is 3.18. The fourth-order valence-corrected chi connectivity index (χ4v) is 1.93. The van der Waals surface area contributed by atoms with Gasteiger partial charge in [-0.05, 0) is 25.1 Å². The predicted octanol–water partition coefficient (Wildman–Crippen LogP) is 2.49.